The van der Waals surface area contributed by atoms with Gasteiger partial charge in [0.1, 0.15) is 0 Å². The van der Waals surface area contributed by atoms with Crippen LogP contribution >= 0.6 is 12.4 Å². The smallest absolute Gasteiger partial charge is 0.251 e. The van der Waals surface area contributed by atoms with Crippen LogP contribution in [0.25, 0.3) is 0 Å². The van der Waals surface area contributed by atoms with Gasteiger partial charge in [-0.3, -0.25) is 14.5 Å². The molecule has 2 heterocycles. The number of aryl methyl sites for hydroxylation is 1. The van der Waals surface area contributed by atoms with Crippen LogP contribution in [-0.4, -0.2) is 54.6 Å². The Morgan fingerprint density at radius 2 is 2.10 bits per heavy atom. The molecule has 0 saturated carbocycles. The van der Waals surface area contributed by atoms with E-state index in [9.17, 15) is 9.59 Å². The van der Waals surface area contributed by atoms with Gasteiger partial charge < -0.3 is 15.2 Å². The van der Waals surface area contributed by atoms with Gasteiger partial charge in [0, 0.05) is 64.1 Å². The molecular formula is C13H21ClN4O2. The molecule has 0 unspecified atom stereocenters. The monoisotopic (exact) mass is 300 g/mol. The van der Waals surface area contributed by atoms with Crippen LogP contribution in [0.5, 0.6) is 0 Å². The minimum absolute atomic E-state index is 0. The number of carbonyl (C=O) groups is 1. The number of rotatable bonds is 4. The van der Waals surface area contributed by atoms with Crippen molar-refractivity contribution in [1.82, 2.24) is 20.1 Å². The van der Waals surface area contributed by atoms with Crippen LogP contribution in [0.15, 0.2) is 23.1 Å². The summed E-state index contributed by atoms with van der Waals surface area (Å²) in [5.74, 6) is -0.187. The Labute approximate surface area is 124 Å². The predicted octanol–water partition coefficient (Wildman–Crippen LogP) is -0.558. The lowest BCUT2D eigenvalue weighted by Crippen LogP contribution is -2.46. The number of hydrogen-bond donors (Lipinski definition) is 2. The quantitative estimate of drug-likeness (QED) is 0.782. The average Bonchev–Trinajstić information content (AvgIpc) is 2.43. The molecule has 0 aromatic carbocycles. The topological polar surface area (TPSA) is 66.4 Å². The van der Waals surface area contributed by atoms with Crippen molar-refractivity contribution in [3.63, 3.8) is 0 Å². The normalized spacial score (nSPS) is 15.4. The van der Waals surface area contributed by atoms with Crippen molar-refractivity contribution >= 4 is 18.3 Å². The molecule has 0 aliphatic carbocycles. The summed E-state index contributed by atoms with van der Waals surface area (Å²) in [6.07, 6.45) is 1.60. The van der Waals surface area contributed by atoms with E-state index in [0.717, 1.165) is 32.7 Å². The molecule has 1 aromatic rings. The molecule has 6 nitrogen and oxygen atoms in total. The molecule has 0 radical (unpaired) electrons. The first-order valence-corrected chi connectivity index (χ1v) is 6.55. The second kappa shape index (κ2) is 8.04. The molecule has 2 rings (SSSR count). The number of aromatic nitrogens is 1. The van der Waals surface area contributed by atoms with E-state index in [-0.39, 0.29) is 23.9 Å². The highest BCUT2D eigenvalue weighted by Gasteiger charge is 2.10. The number of hydrogen-bond acceptors (Lipinski definition) is 4. The highest BCUT2D eigenvalue weighted by atomic mass is 35.5. The molecule has 20 heavy (non-hydrogen) atoms. The van der Waals surface area contributed by atoms with E-state index >= 15 is 0 Å². The number of carbonyl (C=O) groups excluding carboxylic acids is 1. The van der Waals surface area contributed by atoms with Crippen molar-refractivity contribution in [2.45, 2.75) is 0 Å². The third-order valence-corrected chi connectivity index (χ3v) is 3.29. The number of amides is 1. The van der Waals surface area contributed by atoms with Gasteiger partial charge in [0.05, 0.1) is 0 Å². The Kier molecular flexibility index (Phi) is 6.70. The Balaban J connectivity index is 0.00000200. The molecule has 0 bridgehead atoms. The number of pyridine rings is 1. The number of halogens is 1. The molecule has 112 valence electrons. The standard InChI is InChI=1S/C13H20N4O2.ClH/c1-16-6-2-11(10-12(16)18)13(19)15-5-9-17-7-3-14-4-8-17;/h2,6,10,14H,3-5,7-9H2,1H3,(H,15,19);1H. The van der Waals surface area contributed by atoms with Crippen molar-refractivity contribution < 1.29 is 4.79 Å². The van der Waals surface area contributed by atoms with E-state index in [0.29, 0.717) is 12.1 Å². The number of piperazine rings is 1. The number of nitrogens with one attached hydrogen (secondary N) is 2. The van der Waals surface area contributed by atoms with Gasteiger partial charge in [-0.05, 0) is 6.07 Å². The maximum atomic E-state index is 11.9. The molecule has 1 aliphatic heterocycles. The van der Waals surface area contributed by atoms with Crippen molar-refractivity contribution in [2.75, 3.05) is 39.3 Å². The molecular weight excluding hydrogens is 280 g/mol. The van der Waals surface area contributed by atoms with E-state index < -0.39 is 0 Å². The molecule has 7 heteroatoms. The van der Waals surface area contributed by atoms with Crippen LogP contribution < -0.4 is 16.2 Å². The van der Waals surface area contributed by atoms with E-state index in [1.807, 2.05) is 0 Å². The van der Waals surface area contributed by atoms with Gasteiger partial charge in [0.15, 0.2) is 0 Å². The third kappa shape index (κ3) is 4.63. The van der Waals surface area contributed by atoms with Crippen LogP contribution in [0, 0.1) is 0 Å². The fourth-order valence-corrected chi connectivity index (χ4v) is 2.05. The lowest BCUT2D eigenvalue weighted by molar-refractivity contribution is 0.0947. The summed E-state index contributed by atoms with van der Waals surface area (Å²) in [4.78, 5) is 25.6. The summed E-state index contributed by atoms with van der Waals surface area (Å²) >= 11 is 0. The lowest BCUT2D eigenvalue weighted by atomic mass is 10.2. The molecule has 0 spiro atoms. The first-order chi connectivity index (χ1) is 9.16. The summed E-state index contributed by atoms with van der Waals surface area (Å²) in [7, 11) is 1.66. The van der Waals surface area contributed by atoms with Crippen LogP contribution in [-0.2, 0) is 7.05 Å². The zero-order valence-electron chi connectivity index (χ0n) is 11.6. The van der Waals surface area contributed by atoms with Gasteiger partial charge >= 0.3 is 0 Å². The van der Waals surface area contributed by atoms with Crippen LogP contribution in [0.3, 0.4) is 0 Å². The molecule has 1 amide bonds. The molecule has 0 atom stereocenters. The molecule has 2 N–H and O–H groups in total. The molecule has 1 saturated heterocycles. The molecule has 1 fully saturated rings. The maximum Gasteiger partial charge on any atom is 0.251 e. The van der Waals surface area contributed by atoms with Gasteiger partial charge in [-0.25, -0.2) is 0 Å². The van der Waals surface area contributed by atoms with Crippen molar-refractivity contribution in [1.29, 1.82) is 0 Å². The predicted molar refractivity (Wildman–Crippen MR) is 80.6 cm³/mol. The Bertz CT molecular complexity index is 497. The van der Waals surface area contributed by atoms with Gasteiger partial charge in [0.25, 0.3) is 11.5 Å². The minimum Gasteiger partial charge on any atom is -0.351 e. The van der Waals surface area contributed by atoms with E-state index in [1.54, 1.807) is 19.3 Å². The highest BCUT2D eigenvalue weighted by molar-refractivity contribution is 5.93. The Morgan fingerprint density at radius 1 is 1.40 bits per heavy atom. The Hall–Kier alpha value is -1.37. The Morgan fingerprint density at radius 3 is 2.75 bits per heavy atom. The van der Waals surface area contributed by atoms with E-state index in [2.05, 4.69) is 15.5 Å². The second-order valence-electron chi connectivity index (χ2n) is 4.71. The summed E-state index contributed by atoms with van der Waals surface area (Å²) in [6, 6.07) is 3.02. The number of nitrogens with zero attached hydrogens (tertiary/aromatic N) is 2. The summed E-state index contributed by atoms with van der Waals surface area (Å²) < 4.78 is 1.44. The summed E-state index contributed by atoms with van der Waals surface area (Å²) in [5.41, 5.74) is 0.248. The molecule has 1 aromatic heterocycles. The van der Waals surface area contributed by atoms with Gasteiger partial charge in [-0.2, -0.15) is 0 Å². The zero-order valence-corrected chi connectivity index (χ0v) is 12.4. The first-order valence-electron chi connectivity index (χ1n) is 6.55. The van der Waals surface area contributed by atoms with Gasteiger partial charge in [-0.15, -0.1) is 12.4 Å². The van der Waals surface area contributed by atoms with Crippen molar-refractivity contribution in [3.05, 3.63) is 34.2 Å². The van der Waals surface area contributed by atoms with Crippen molar-refractivity contribution in [3.8, 4) is 0 Å². The first kappa shape index (κ1) is 16.7. The SMILES string of the molecule is Cl.Cn1ccc(C(=O)NCCN2CCNCC2)cc1=O. The largest absolute Gasteiger partial charge is 0.351 e. The fourth-order valence-electron chi connectivity index (χ4n) is 2.05. The van der Waals surface area contributed by atoms with Gasteiger partial charge in [-0.1, -0.05) is 0 Å². The summed E-state index contributed by atoms with van der Waals surface area (Å²) in [6.45, 7) is 5.49. The van der Waals surface area contributed by atoms with Gasteiger partial charge in [0.2, 0.25) is 0 Å². The molecule has 1 aliphatic rings. The van der Waals surface area contributed by atoms with Crippen LogP contribution in [0.2, 0.25) is 0 Å². The average molecular weight is 301 g/mol. The highest BCUT2D eigenvalue weighted by Crippen LogP contribution is 1.95. The maximum absolute atomic E-state index is 11.9. The third-order valence-electron chi connectivity index (χ3n) is 3.29. The lowest BCUT2D eigenvalue weighted by Gasteiger charge is -2.27. The van der Waals surface area contributed by atoms with Crippen LogP contribution in [0.4, 0.5) is 0 Å². The minimum atomic E-state index is -0.187. The fraction of sp³-hybridized carbons (Fsp3) is 0.538. The zero-order chi connectivity index (χ0) is 13.7. The van der Waals surface area contributed by atoms with Crippen LogP contribution in [0.1, 0.15) is 10.4 Å². The van der Waals surface area contributed by atoms with Crippen molar-refractivity contribution in [2.24, 2.45) is 7.05 Å². The second-order valence-corrected chi connectivity index (χ2v) is 4.71. The van der Waals surface area contributed by atoms with E-state index in [1.165, 1.54) is 10.6 Å². The summed E-state index contributed by atoms with van der Waals surface area (Å²) in [5, 5.41) is 6.13. The van der Waals surface area contributed by atoms with E-state index in [4.69, 9.17) is 0 Å².